The van der Waals surface area contributed by atoms with Crippen molar-refractivity contribution >= 4 is 28.8 Å². The van der Waals surface area contributed by atoms with Gasteiger partial charge in [0.1, 0.15) is 0 Å². The molecule has 0 amide bonds. The van der Waals surface area contributed by atoms with E-state index in [1.807, 2.05) is 24.3 Å². The third-order valence-corrected chi connectivity index (χ3v) is 3.40. The maximum Gasteiger partial charge on any atom is 0.224 e. The lowest BCUT2D eigenvalue weighted by Crippen LogP contribution is -2.36. The van der Waals surface area contributed by atoms with Gasteiger partial charge in [-0.25, -0.2) is 9.37 Å². The van der Waals surface area contributed by atoms with E-state index in [1.165, 1.54) is 0 Å². The number of hydrogen-bond acceptors (Lipinski definition) is 5. The summed E-state index contributed by atoms with van der Waals surface area (Å²) in [6.45, 7) is 3.24. The van der Waals surface area contributed by atoms with E-state index in [4.69, 9.17) is 16.3 Å². The highest BCUT2D eigenvalue weighted by molar-refractivity contribution is 6.28. The maximum absolute atomic E-state index is 13.6. The van der Waals surface area contributed by atoms with E-state index >= 15 is 0 Å². The van der Waals surface area contributed by atoms with Gasteiger partial charge in [-0.05, 0) is 35.9 Å². The minimum atomic E-state index is -0.545. The number of aromatic nitrogens is 2. The number of rotatable bonds is 3. The summed E-state index contributed by atoms with van der Waals surface area (Å²) >= 11 is 5.66. The molecule has 7 heteroatoms. The molecule has 1 saturated heterocycles. The normalized spacial score (nSPS) is 15.0. The van der Waals surface area contributed by atoms with Crippen molar-refractivity contribution in [1.82, 2.24) is 9.97 Å². The number of benzene rings is 1. The molecular weight excluding hydrogens is 295 g/mol. The Bertz CT molecular complexity index is 617. The number of hydrogen-bond donors (Lipinski definition) is 1. The Morgan fingerprint density at radius 1 is 1.19 bits per heavy atom. The van der Waals surface area contributed by atoms with Crippen LogP contribution in [0.5, 0.6) is 0 Å². The maximum atomic E-state index is 13.6. The molecule has 1 N–H and O–H groups in total. The fourth-order valence-electron chi connectivity index (χ4n) is 2.15. The quantitative estimate of drug-likeness (QED) is 0.884. The molecule has 5 nitrogen and oxygen atoms in total. The molecule has 1 aliphatic heterocycles. The van der Waals surface area contributed by atoms with Gasteiger partial charge >= 0.3 is 0 Å². The lowest BCUT2D eigenvalue weighted by Gasteiger charge is -2.28. The number of morpholine rings is 1. The molecule has 0 radical (unpaired) electrons. The summed E-state index contributed by atoms with van der Waals surface area (Å²) in [5.41, 5.74) is 1.85. The largest absolute Gasteiger partial charge is 0.378 e. The first-order valence-corrected chi connectivity index (χ1v) is 6.98. The van der Waals surface area contributed by atoms with E-state index in [9.17, 15) is 4.39 Å². The first-order chi connectivity index (χ1) is 10.2. The summed E-state index contributed by atoms with van der Waals surface area (Å²) in [5.74, 6) is -0.481. The molecule has 1 fully saturated rings. The Morgan fingerprint density at radius 3 is 2.62 bits per heavy atom. The SMILES string of the molecule is Fc1cnc(Cl)nc1Nc1ccc(N2CCOCC2)cc1. The Morgan fingerprint density at radius 2 is 1.90 bits per heavy atom. The van der Waals surface area contributed by atoms with Gasteiger partial charge < -0.3 is 15.0 Å². The minimum Gasteiger partial charge on any atom is -0.378 e. The summed E-state index contributed by atoms with van der Waals surface area (Å²) in [4.78, 5) is 9.64. The zero-order valence-electron chi connectivity index (χ0n) is 11.2. The predicted octanol–water partition coefficient (Wildman–Crippen LogP) is 2.85. The van der Waals surface area contributed by atoms with Crippen LogP contribution in [-0.4, -0.2) is 36.3 Å². The van der Waals surface area contributed by atoms with Crippen molar-refractivity contribution in [3.05, 3.63) is 41.6 Å². The van der Waals surface area contributed by atoms with Crippen molar-refractivity contribution < 1.29 is 9.13 Å². The van der Waals surface area contributed by atoms with Crippen LogP contribution in [0.2, 0.25) is 5.28 Å². The van der Waals surface area contributed by atoms with Crippen LogP contribution in [0.4, 0.5) is 21.6 Å². The molecule has 2 aromatic rings. The molecule has 0 aliphatic carbocycles. The van der Waals surface area contributed by atoms with Crippen molar-refractivity contribution in [3.63, 3.8) is 0 Å². The molecular formula is C14H14ClFN4O. The molecule has 1 aromatic heterocycles. The number of halogens is 2. The first kappa shape index (κ1) is 14.0. The summed E-state index contributed by atoms with van der Waals surface area (Å²) in [6.07, 6.45) is 1.04. The number of nitrogens with zero attached hydrogens (tertiary/aromatic N) is 3. The van der Waals surface area contributed by atoms with Crippen molar-refractivity contribution in [2.75, 3.05) is 36.5 Å². The van der Waals surface area contributed by atoms with Gasteiger partial charge in [-0.2, -0.15) is 4.98 Å². The fraction of sp³-hybridized carbons (Fsp3) is 0.286. The van der Waals surface area contributed by atoms with Gasteiger partial charge in [0, 0.05) is 24.5 Å². The standard InChI is InChI=1S/C14H14ClFN4O/c15-14-17-9-12(16)13(19-14)18-10-1-3-11(4-2-10)20-5-7-21-8-6-20/h1-4,9H,5-8H2,(H,17,18,19). The van der Waals surface area contributed by atoms with Crippen LogP contribution in [0, 0.1) is 5.82 Å². The lowest BCUT2D eigenvalue weighted by atomic mass is 10.2. The number of anilines is 3. The number of nitrogens with one attached hydrogen (secondary N) is 1. The van der Waals surface area contributed by atoms with Gasteiger partial charge in [-0.1, -0.05) is 0 Å². The molecule has 0 unspecified atom stereocenters. The molecule has 0 atom stereocenters. The van der Waals surface area contributed by atoms with E-state index in [2.05, 4.69) is 20.2 Å². The molecule has 0 bridgehead atoms. The second-order valence-electron chi connectivity index (χ2n) is 4.61. The van der Waals surface area contributed by atoms with Crippen molar-refractivity contribution in [2.24, 2.45) is 0 Å². The second kappa shape index (κ2) is 6.24. The molecule has 1 aliphatic rings. The average molecular weight is 309 g/mol. The van der Waals surface area contributed by atoms with Crippen LogP contribution >= 0.6 is 11.6 Å². The lowest BCUT2D eigenvalue weighted by molar-refractivity contribution is 0.122. The van der Waals surface area contributed by atoms with Crippen LogP contribution in [0.25, 0.3) is 0 Å². The highest BCUT2D eigenvalue weighted by Gasteiger charge is 2.11. The molecule has 3 rings (SSSR count). The van der Waals surface area contributed by atoms with Crippen LogP contribution < -0.4 is 10.2 Å². The van der Waals surface area contributed by atoms with Gasteiger partial charge in [0.15, 0.2) is 11.6 Å². The highest BCUT2D eigenvalue weighted by atomic mass is 35.5. The Kier molecular flexibility index (Phi) is 4.17. The molecule has 0 saturated carbocycles. The zero-order valence-corrected chi connectivity index (χ0v) is 12.0. The first-order valence-electron chi connectivity index (χ1n) is 6.60. The molecule has 110 valence electrons. The summed E-state index contributed by atoms with van der Waals surface area (Å²) in [7, 11) is 0. The van der Waals surface area contributed by atoms with Crippen molar-refractivity contribution in [1.29, 1.82) is 0 Å². The number of ether oxygens (including phenoxy) is 1. The van der Waals surface area contributed by atoms with Gasteiger partial charge in [-0.3, -0.25) is 0 Å². The average Bonchev–Trinajstić information content (AvgIpc) is 2.53. The van der Waals surface area contributed by atoms with Crippen LogP contribution in [0.1, 0.15) is 0 Å². The smallest absolute Gasteiger partial charge is 0.224 e. The van der Waals surface area contributed by atoms with Gasteiger partial charge in [0.25, 0.3) is 0 Å². The topological polar surface area (TPSA) is 50.3 Å². The summed E-state index contributed by atoms with van der Waals surface area (Å²) in [5, 5.41) is 2.89. The molecule has 1 aromatic carbocycles. The van der Waals surface area contributed by atoms with E-state index in [-0.39, 0.29) is 11.1 Å². The minimum absolute atomic E-state index is 0.00355. The van der Waals surface area contributed by atoms with E-state index < -0.39 is 5.82 Å². The predicted molar refractivity (Wildman–Crippen MR) is 79.8 cm³/mol. The highest BCUT2D eigenvalue weighted by Crippen LogP contribution is 2.22. The Labute approximate surface area is 126 Å². The van der Waals surface area contributed by atoms with E-state index in [0.29, 0.717) is 0 Å². The zero-order chi connectivity index (χ0) is 14.7. The van der Waals surface area contributed by atoms with Gasteiger partial charge in [-0.15, -0.1) is 0 Å². The third-order valence-electron chi connectivity index (χ3n) is 3.22. The van der Waals surface area contributed by atoms with Crippen molar-refractivity contribution in [3.8, 4) is 0 Å². The van der Waals surface area contributed by atoms with Crippen molar-refractivity contribution in [2.45, 2.75) is 0 Å². The molecule has 21 heavy (non-hydrogen) atoms. The van der Waals surface area contributed by atoms with Gasteiger partial charge in [0.2, 0.25) is 5.28 Å². The van der Waals surface area contributed by atoms with Crippen LogP contribution in [0.3, 0.4) is 0 Å². The van der Waals surface area contributed by atoms with E-state index in [0.717, 1.165) is 43.9 Å². The Hall–Kier alpha value is -1.92. The van der Waals surface area contributed by atoms with Crippen LogP contribution in [0.15, 0.2) is 30.5 Å². The molecule has 2 heterocycles. The summed E-state index contributed by atoms with van der Waals surface area (Å²) in [6, 6.07) is 7.71. The fourth-order valence-corrected chi connectivity index (χ4v) is 2.28. The van der Waals surface area contributed by atoms with Gasteiger partial charge in [0.05, 0.1) is 19.4 Å². The summed E-state index contributed by atoms with van der Waals surface area (Å²) < 4.78 is 18.9. The second-order valence-corrected chi connectivity index (χ2v) is 4.94. The van der Waals surface area contributed by atoms with E-state index in [1.54, 1.807) is 0 Å². The Balaban J connectivity index is 1.73. The molecule has 0 spiro atoms. The van der Waals surface area contributed by atoms with Crippen LogP contribution in [-0.2, 0) is 4.74 Å². The monoisotopic (exact) mass is 308 g/mol. The third kappa shape index (κ3) is 3.40.